The Morgan fingerprint density at radius 3 is 1.61 bits per heavy atom. The summed E-state index contributed by atoms with van der Waals surface area (Å²) < 4.78 is 82.8. The molecule has 2 aromatic heterocycles. The van der Waals surface area contributed by atoms with Gasteiger partial charge in [0.25, 0.3) is 0 Å². The van der Waals surface area contributed by atoms with Crippen molar-refractivity contribution in [3.05, 3.63) is 111 Å². The van der Waals surface area contributed by atoms with E-state index in [2.05, 4.69) is 26.9 Å². The molecule has 13 heteroatoms. The molecule has 0 saturated carbocycles. The van der Waals surface area contributed by atoms with Crippen LogP contribution in [-0.2, 0) is 38.8 Å². The van der Waals surface area contributed by atoms with E-state index < -0.39 is 51.3 Å². The summed E-state index contributed by atoms with van der Waals surface area (Å²) in [4.78, 5) is 12.0. The van der Waals surface area contributed by atoms with Crippen LogP contribution in [-0.4, -0.2) is 9.97 Å². The molecule has 0 saturated heterocycles. The number of halogens is 6. The monoisotopic (exact) mass is 779 g/mol. The fourth-order valence-corrected chi connectivity index (χ4v) is 4.44. The van der Waals surface area contributed by atoms with E-state index in [1.165, 1.54) is 42.5 Å². The Balaban J connectivity index is 0.00000529. The smallest absolute Gasteiger partial charge is 0.300 e. The van der Waals surface area contributed by atoms with E-state index in [0.29, 0.717) is 0 Å². The Bertz CT molecular complexity index is 1800. The van der Waals surface area contributed by atoms with Crippen LogP contribution in [0.2, 0.25) is 0 Å². The number of alkyl halides is 6. The third-order valence-electron chi connectivity index (χ3n) is 6.56. The molecule has 0 unspecified atom stereocenters. The molecule has 4 rings (SSSR count). The third-order valence-corrected chi connectivity index (χ3v) is 6.56. The van der Waals surface area contributed by atoms with Gasteiger partial charge < -0.3 is 9.97 Å². The van der Waals surface area contributed by atoms with Crippen LogP contribution in [0.4, 0.5) is 32.0 Å². The number of pyridine rings is 2. The first-order chi connectivity index (χ1) is 20.2. The van der Waals surface area contributed by atoms with Crippen LogP contribution in [0.15, 0.2) is 48.5 Å². The van der Waals surface area contributed by atoms with E-state index in [1.54, 1.807) is 26.0 Å². The van der Waals surface area contributed by atoms with Gasteiger partial charge in [0.05, 0.1) is 5.56 Å². The molecule has 0 aliphatic carbocycles. The first kappa shape index (κ1) is 33.5. The molecule has 0 aliphatic rings. The Labute approximate surface area is 261 Å². The van der Waals surface area contributed by atoms with Gasteiger partial charge in [0.15, 0.2) is 0 Å². The Hall–Kier alpha value is -5.03. The molecule has 0 aliphatic heterocycles. The topological polar surface area (TPSA) is 102 Å². The van der Waals surface area contributed by atoms with Gasteiger partial charge in [-0.05, 0) is 59.6 Å². The van der Waals surface area contributed by atoms with Gasteiger partial charge in [-0.1, -0.05) is 24.3 Å². The van der Waals surface area contributed by atoms with Crippen molar-refractivity contribution in [1.29, 1.82) is 15.8 Å². The van der Waals surface area contributed by atoms with Crippen LogP contribution in [0.3, 0.4) is 0 Å². The Morgan fingerprint density at radius 2 is 1.18 bits per heavy atom. The van der Waals surface area contributed by atoms with Crippen LogP contribution >= 0.6 is 0 Å². The van der Waals surface area contributed by atoms with Gasteiger partial charge in [0.1, 0.15) is 6.57 Å². The number of nitriles is 3. The summed E-state index contributed by atoms with van der Waals surface area (Å²) in [6, 6.07) is 20.0. The number of aromatic nitrogens is 2. The van der Waals surface area contributed by atoms with Crippen molar-refractivity contribution in [2.45, 2.75) is 31.6 Å². The Morgan fingerprint density at radius 1 is 0.727 bits per heavy atom. The number of hydrogen-bond acceptors (Lipinski definition) is 5. The fourth-order valence-electron chi connectivity index (χ4n) is 4.44. The molecule has 4 aromatic rings. The summed E-state index contributed by atoms with van der Waals surface area (Å²) in [5.74, 6) is 0. The summed E-state index contributed by atoms with van der Waals surface area (Å²) in [6.45, 7) is 10.7. The van der Waals surface area contributed by atoms with Crippen molar-refractivity contribution in [1.82, 2.24) is 9.97 Å². The average Bonchev–Trinajstić information content (AvgIpc) is 2.98. The zero-order valence-electron chi connectivity index (χ0n) is 22.4. The molecule has 2 aromatic carbocycles. The zero-order chi connectivity index (χ0) is 31.7. The predicted octanol–water partition coefficient (Wildman–Crippen LogP) is 7.94. The largest absolute Gasteiger partial charge is 2.00 e. The second-order valence-corrected chi connectivity index (χ2v) is 9.51. The maximum absolute atomic E-state index is 13.8. The van der Waals surface area contributed by atoms with E-state index >= 15 is 0 Å². The molecule has 0 bridgehead atoms. The second-order valence-electron chi connectivity index (χ2n) is 9.51. The van der Waals surface area contributed by atoms with Crippen molar-refractivity contribution in [2.24, 2.45) is 0 Å². The van der Waals surface area contributed by atoms with Gasteiger partial charge in [-0.3, -0.25) is 0 Å². The summed E-state index contributed by atoms with van der Waals surface area (Å²) in [7, 11) is 0. The van der Waals surface area contributed by atoms with Gasteiger partial charge in [-0.15, -0.1) is 29.8 Å². The van der Waals surface area contributed by atoms with Crippen LogP contribution < -0.4 is 0 Å². The van der Waals surface area contributed by atoms with E-state index in [4.69, 9.17) is 11.8 Å². The summed E-state index contributed by atoms with van der Waals surface area (Å²) in [5, 5.41) is 27.9. The summed E-state index contributed by atoms with van der Waals surface area (Å²) >= 11 is 0. The maximum atomic E-state index is 13.8. The first-order valence-electron chi connectivity index (χ1n) is 12.0. The van der Waals surface area contributed by atoms with Crippen LogP contribution in [0.5, 0.6) is 0 Å². The van der Waals surface area contributed by atoms with Crippen molar-refractivity contribution >= 4 is 5.69 Å². The van der Waals surface area contributed by atoms with Crippen LogP contribution in [0.25, 0.3) is 27.4 Å². The molecule has 0 spiro atoms. The predicted molar refractivity (Wildman–Crippen MR) is 140 cm³/mol. The molecule has 0 N–H and O–H groups in total. The van der Waals surface area contributed by atoms with E-state index in [1.807, 2.05) is 0 Å². The minimum atomic E-state index is -5.00. The van der Waals surface area contributed by atoms with Crippen LogP contribution in [0, 0.1) is 52.7 Å². The number of nitrogens with zero attached hydrogens (tertiary/aromatic N) is 6. The van der Waals surface area contributed by atoms with Gasteiger partial charge in [-0.25, -0.2) is 15.8 Å². The molecule has 6 nitrogen and oxygen atoms in total. The van der Waals surface area contributed by atoms with E-state index in [0.717, 1.165) is 12.1 Å². The summed E-state index contributed by atoms with van der Waals surface area (Å²) in [5.41, 5.74) is -7.17. The minimum absolute atomic E-state index is 0. The number of rotatable bonds is 4. The third kappa shape index (κ3) is 6.04. The molecule has 2 heterocycles. The van der Waals surface area contributed by atoms with Gasteiger partial charge in [0, 0.05) is 40.6 Å². The quantitative estimate of drug-likeness (QED) is 0.155. The fraction of sp³-hybridized carbons (Fsp3) is 0.161. The molecule has 0 fully saturated rings. The molecule has 220 valence electrons. The van der Waals surface area contributed by atoms with E-state index in [-0.39, 0.29) is 55.0 Å². The van der Waals surface area contributed by atoms with Crippen molar-refractivity contribution in [3.63, 3.8) is 0 Å². The normalized spacial score (nSPS) is 11.4. The molecule has 44 heavy (non-hydrogen) atoms. The molecule has 0 atom stereocenters. The van der Waals surface area contributed by atoms with Crippen molar-refractivity contribution in [2.75, 3.05) is 0 Å². The number of benzene rings is 2. The van der Waals surface area contributed by atoms with E-state index in [9.17, 15) is 36.9 Å². The maximum Gasteiger partial charge on any atom is 2.00 e. The van der Waals surface area contributed by atoms with Crippen molar-refractivity contribution < 1.29 is 47.4 Å². The zero-order valence-corrected chi connectivity index (χ0v) is 24.7. The average molecular weight is 780 g/mol. The molecular weight excluding hydrogens is 765 g/mol. The molecule has 0 radical (unpaired) electrons. The number of hydrogen-bond donors (Lipinski definition) is 0. The van der Waals surface area contributed by atoms with Crippen molar-refractivity contribution in [3.8, 4) is 40.7 Å². The first-order valence-corrected chi connectivity index (χ1v) is 12.0. The van der Waals surface area contributed by atoms with Gasteiger partial charge in [0.2, 0.25) is 5.69 Å². The second kappa shape index (κ2) is 12.3. The molecule has 0 amide bonds. The van der Waals surface area contributed by atoms with Gasteiger partial charge in [-0.2, -0.15) is 31.2 Å². The standard InChI is InChI=1S/C31H14F6N6.Pt/c1-29(2,24-8-4-6-22(42-24)19-12-10-17(14-38)26(21(19)16-40)30(32,33)34)25-9-5-7-23(43-25)20-13-11-18(15-39)27(28(20)41-3)31(35,36)37;/h4-11H,1-2H3;/q-2;+2. The Kier molecular flexibility index (Phi) is 9.35. The SMILES string of the molecule is [C-]#[N+]c1c(-c2cccc(C(C)(C)c3cccc(-c4[c-]cc(C#N)c(C(F)(F)F)c4C#N)n3)n2)[c-]cc(C#N)c1C(F)(F)F.[Pt+2]. The van der Waals surface area contributed by atoms with Gasteiger partial charge >= 0.3 is 33.4 Å². The van der Waals surface area contributed by atoms with Crippen LogP contribution in [0.1, 0.15) is 53.1 Å². The minimum Gasteiger partial charge on any atom is -0.300 e. The summed E-state index contributed by atoms with van der Waals surface area (Å²) in [6.07, 6.45) is -9.99. The molecular formula is C31H14F6N6Pt.